The molecule has 3 rings (SSSR count). The van der Waals surface area contributed by atoms with Gasteiger partial charge in [-0.25, -0.2) is 9.78 Å². The first-order valence-corrected chi connectivity index (χ1v) is 9.39. The fraction of sp³-hybridized carbons (Fsp3) is 0.389. The van der Waals surface area contributed by atoms with Gasteiger partial charge in [0.05, 0.1) is 22.2 Å². The molecule has 0 bridgehead atoms. The van der Waals surface area contributed by atoms with Gasteiger partial charge in [-0.1, -0.05) is 23.2 Å². The van der Waals surface area contributed by atoms with E-state index in [0.717, 1.165) is 5.69 Å². The minimum absolute atomic E-state index is 0.0180. The first kappa shape index (κ1) is 20.4. The van der Waals surface area contributed by atoms with E-state index in [4.69, 9.17) is 33.0 Å². The van der Waals surface area contributed by atoms with E-state index in [1.807, 2.05) is 4.90 Å². The maximum Gasteiger partial charge on any atom is 0.354 e. The number of methoxy groups -OCH3 is 1. The summed E-state index contributed by atoms with van der Waals surface area (Å²) in [5.41, 5.74) is 1.58. The zero-order valence-corrected chi connectivity index (χ0v) is 16.8. The standard InChI is InChI=1S/C18H20Cl2N4O4/c1-9-14(19)15(20)16(22-9)17(25)23-11-4-6-24(8-13(11)28-2)10-3-5-21-12(7-10)18(26)27/h3,5,7,11,13,22H,4,6,8H2,1-2H3,(H,23,25)(H,26,27)/t11-,13+/m1/s1. The van der Waals surface area contributed by atoms with Crippen LogP contribution in [0.25, 0.3) is 0 Å². The van der Waals surface area contributed by atoms with E-state index in [0.29, 0.717) is 30.2 Å². The molecule has 0 spiro atoms. The lowest BCUT2D eigenvalue weighted by atomic mass is 10.0. The van der Waals surface area contributed by atoms with Crippen molar-refractivity contribution in [3.63, 3.8) is 0 Å². The van der Waals surface area contributed by atoms with Crippen molar-refractivity contribution >= 4 is 40.8 Å². The third-order valence-corrected chi connectivity index (χ3v) is 5.73. The van der Waals surface area contributed by atoms with Crippen LogP contribution in [0.1, 0.15) is 33.1 Å². The lowest BCUT2D eigenvalue weighted by molar-refractivity contribution is 0.0540. The van der Waals surface area contributed by atoms with Crippen molar-refractivity contribution in [1.82, 2.24) is 15.3 Å². The predicted molar refractivity (Wildman–Crippen MR) is 106 cm³/mol. The van der Waals surface area contributed by atoms with Gasteiger partial charge in [-0.3, -0.25) is 4.79 Å². The Labute approximate surface area is 171 Å². The smallest absolute Gasteiger partial charge is 0.354 e. The Hall–Kier alpha value is -2.29. The molecule has 1 aliphatic rings. The van der Waals surface area contributed by atoms with Crippen LogP contribution in [0.4, 0.5) is 5.69 Å². The van der Waals surface area contributed by atoms with Gasteiger partial charge in [0.25, 0.3) is 5.91 Å². The SMILES string of the molecule is CO[C@H]1CN(c2ccnc(C(=O)O)c2)CC[C@H]1NC(=O)c1[nH]c(C)c(Cl)c1Cl. The van der Waals surface area contributed by atoms with Crippen LogP contribution in [0.3, 0.4) is 0 Å². The van der Waals surface area contributed by atoms with E-state index in [1.165, 1.54) is 12.3 Å². The third kappa shape index (κ3) is 4.09. The second-order valence-electron chi connectivity index (χ2n) is 6.55. The number of rotatable bonds is 5. The van der Waals surface area contributed by atoms with Gasteiger partial charge in [-0.15, -0.1) is 0 Å². The number of aromatic carboxylic acids is 1. The molecule has 1 fully saturated rings. The number of carboxylic acid groups (broad SMARTS) is 1. The van der Waals surface area contributed by atoms with Gasteiger partial charge in [-0.2, -0.15) is 0 Å². The number of nitrogens with zero attached hydrogens (tertiary/aromatic N) is 2. The van der Waals surface area contributed by atoms with E-state index in [-0.39, 0.29) is 34.5 Å². The number of halogens is 2. The highest BCUT2D eigenvalue weighted by Crippen LogP contribution is 2.29. The molecule has 28 heavy (non-hydrogen) atoms. The number of H-pyrrole nitrogens is 1. The maximum atomic E-state index is 12.6. The molecule has 1 amide bonds. The molecule has 8 nitrogen and oxygen atoms in total. The maximum absolute atomic E-state index is 12.6. The summed E-state index contributed by atoms with van der Waals surface area (Å²) in [6.45, 7) is 2.84. The van der Waals surface area contributed by atoms with Crippen LogP contribution in [0.5, 0.6) is 0 Å². The highest BCUT2D eigenvalue weighted by atomic mass is 35.5. The van der Waals surface area contributed by atoms with Crippen LogP contribution in [0.15, 0.2) is 18.3 Å². The molecule has 0 aliphatic carbocycles. The Morgan fingerprint density at radius 3 is 2.75 bits per heavy atom. The first-order valence-electron chi connectivity index (χ1n) is 8.63. The van der Waals surface area contributed by atoms with Crippen molar-refractivity contribution in [2.24, 2.45) is 0 Å². The number of nitrogens with one attached hydrogen (secondary N) is 2. The van der Waals surface area contributed by atoms with E-state index >= 15 is 0 Å². The Morgan fingerprint density at radius 2 is 2.14 bits per heavy atom. The molecular formula is C18H20Cl2N4O4. The van der Waals surface area contributed by atoms with E-state index in [9.17, 15) is 9.59 Å². The largest absolute Gasteiger partial charge is 0.477 e. The molecule has 0 unspecified atom stereocenters. The average Bonchev–Trinajstić information content (AvgIpc) is 2.95. The summed E-state index contributed by atoms with van der Waals surface area (Å²) >= 11 is 12.2. The molecule has 0 aromatic carbocycles. The molecule has 3 heterocycles. The van der Waals surface area contributed by atoms with Gasteiger partial charge in [0.1, 0.15) is 11.4 Å². The molecule has 0 saturated carbocycles. The number of ether oxygens (including phenoxy) is 1. The molecule has 3 N–H and O–H groups in total. The average molecular weight is 427 g/mol. The monoisotopic (exact) mass is 426 g/mol. The number of aromatic nitrogens is 2. The molecule has 2 atom stereocenters. The van der Waals surface area contributed by atoms with Gasteiger partial charge >= 0.3 is 5.97 Å². The lowest BCUT2D eigenvalue weighted by Crippen LogP contribution is -2.55. The summed E-state index contributed by atoms with van der Waals surface area (Å²) in [5, 5.41) is 12.6. The molecule has 0 radical (unpaired) electrons. The second kappa shape index (κ2) is 8.38. The summed E-state index contributed by atoms with van der Waals surface area (Å²) < 4.78 is 5.57. The topological polar surface area (TPSA) is 108 Å². The molecule has 2 aromatic rings. The fourth-order valence-corrected chi connectivity index (χ4v) is 3.67. The Kier molecular flexibility index (Phi) is 6.12. The Morgan fingerprint density at radius 1 is 1.39 bits per heavy atom. The fourth-order valence-electron chi connectivity index (χ4n) is 3.26. The second-order valence-corrected chi connectivity index (χ2v) is 7.30. The van der Waals surface area contributed by atoms with Crippen molar-refractivity contribution in [2.75, 3.05) is 25.1 Å². The number of carbonyl (C=O) groups excluding carboxylic acids is 1. The molecule has 150 valence electrons. The molecule has 10 heteroatoms. The van der Waals surface area contributed by atoms with Gasteiger partial charge in [0.2, 0.25) is 0 Å². The number of aryl methyl sites for hydroxylation is 1. The molecule has 1 saturated heterocycles. The summed E-state index contributed by atoms with van der Waals surface area (Å²) in [6.07, 6.45) is 1.79. The minimum Gasteiger partial charge on any atom is -0.477 e. The summed E-state index contributed by atoms with van der Waals surface area (Å²) in [7, 11) is 1.57. The summed E-state index contributed by atoms with van der Waals surface area (Å²) in [4.78, 5) is 32.5. The highest BCUT2D eigenvalue weighted by Gasteiger charge is 2.32. The number of amides is 1. The van der Waals surface area contributed by atoms with Gasteiger partial charge in [0.15, 0.2) is 0 Å². The van der Waals surface area contributed by atoms with Crippen LogP contribution in [-0.4, -0.2) is 59.3 Å². The van der Waals surface area contributed by atoms with Crippen molar-refractivity contribution in [2.45, 2.75) is 25.5 Å². The number of piperidine rings is 1. The Balaban J connectivity index is 1.71. The number of carbonyl (C=O) groups is 2. The van der Waals surface area contributed by atoms with Gasteiger partial charge in [-0.05, 0) is 25.5 Å². The Bertz CT molecular complexity index is 902. The number of hydrogen-bond acceptors (Lipinski definition) is 5. The van der Waals surface area contributed by atoms with Crippen molar-refractivity contribution in [3.05, 3.63) is 45.5 Å². The predicted octanol–water partition coefficient (Wildman–Crippen LogP) is 2.75. The highest BCUT2D eigenvalue weighted by molar-refractivity contribution is 6.44. The van der Waals surface area contributed by atoms with Crippen molar-refractivity contribution in [1.29, 1.82) is 0 Å². The number of anilines is 1. The number of carboxylic acids is 1. The van der Waals surface area contributed by atoms with Crippen molar-refractivity contribution < 1.29 is 19.4 Å². The van der Waals surface area contributed by atoms with Crippen molar-refractivity contribution in [3.8, 4) is 0 Å². The third-order valence-electron chi connectivity index (χ3n) is 4.79. The zero-order valence-electron chi connectivity index (χ0n) is 15.3. The van der Waals surface area contributed by atoms with Gasteiger partial charge in [0, 0.05) is 37.8 Å². The van der Waals surface area contributed by atoms with Crippen LogP contribution in [0, 0.1) is 6.92 Å². The number of hydrogen-bond donors (Lipinski definition) is 3. The first-order chi connectivity index (χ1) is 13.3. The lowest BCUT2D eigenvalue weighted by Gasteiger charge is -2.39. The zero-order chi connectivity index (χ0) is 20.4. The summed E-state index contributed by atoms with van der Waals surface area (Å²) in [6, 6.07) is 3.05. The van der Waals surface area contributed by atoms with Crippen LogP contribution < -0.4 is 10.2 Å². The van der Waals surface area contributed by atoms with Crippen LogP contribution in [0.2, 0.25) is 10.0 Å². The molecular weight excluding hydrogens is 407 g/mol. The minimum atomic E-state index is -1.08. The van der Waals surface area contributed by atoms with Gasteiger partial charge < -0.3 is 25.0 Å². The normalized spacial score (nSPS) is 19.5. The van der Waals surface area contributed by atoms with E-state index in [1.54, 1.807) is 20.1 Å². The summed E-state index contributed by atoms with van der Waals surface area (Å²) in [5.74, 6) is -1.43. The van der Waals surface area contributed by atoms with E-state index in [2.05, 4.69) is 15.3 Å². The van der Waals surface area contributed by atoms with Crippen LogP contribution >= 0.6 is 23.2 Å². The van der Waals surface area contributed by atoms with Crippen LogP contribution in [-0.2, 0) is 4.74 Å². The molecule has 2 aromatic heterocycles. The van der Waals surface area contributed by atoms with E-state index < -0.39 is 5.97 Å². The quantitative estimate of drug-likeness (QED) is 0.678. The molecule has 1 aliphatic heterocycles. The number of pyridine rings is 1. The number of aromatic amines is 1.